The van der Waals surface area contributed by atoms with Gasteiger partial charge in [0, 0.05) is 12.6 Å². The number of methoxy groups -OCH3 is 1. The number of rotatable bonds is 7. The van der Waals surface area contributed by atoms with Gasteiger partial charge in [-0.1, -0.05) is 48.6 Å². The van der Waals surface area contributed by atoms with Gasteiger partial charge in [0.1, 0.15) is 5.75 Å². The summed E-state index contributed by atoms with van der Waals surface area (Å²) < 4.78 is 5.25. The first-order valence-corrected chi connectivity index (χ1v) is 7.46. The Morgan fingerprint density at radius 3 is 2.64 bits per heavy atom. The van der Waals surface area contributed by atoms with Crippen LogP contribution in [0.2, 0.25) is 0 Å². The van der Waals surface area contributed by atoms with Crippen molar-refractivity contribution < 1.29 is 9.84 Å². The topological polar surface area (TPSA) is 41.5 Å². The number of hydrogen-bond acceptors (Lipinski definition) is 3. The van der Waals surface area contributed by atoms with Crippen LogP contribution >= 0.6 is 0 Å². The van der Waals surface area contributed by atoms with Crippen LogP contribution in [0.25, 0.3) is 6.08 Å². The Balaban J connectivity index is 1.85. The molecule has 2 N–H and O–H groups in total. The smallest absolute Gasteiger partial charge is 0.119 e. The van der Waals surface area contributed by atoms with Gasteiger partial charge in [0.05, 0.1) is 13.7 Å². The van der Waals surface area contributed by atoms with Gasteiger partial charge in [-0.2, -0.15) is 0 Å². The molecular formula is C19H23NO2. The molecule has 0 unspecified atom stereocenters. The molecule has 2 rings (SSSR count). The molecule has 0 bridgehead atoms. The number of aliphatic hydroxyl groups excluding tert-OH is 1. The number of hydrogen-bond donors (Lipinski definition) is 2. The molecule has 0 aliphatic carbocycles. The van der Waals surface area contributed by atoms with Crippen molar-refractivity contribution in [3.63, 3.8) is 0 Å². The summed E-state index contributed by atoms with van der Waals surface area (Å²) >= 11 is 0. The van der Waals surface area contributed by atoms with E-state index in [9.17, 15) is 0 Å². The standard InChI is InChI=1S/C19H23NO2/c1-15(18-6-3-7-19(13-18)22-2)20-12-4-5-16-8-10-17(14-21)11-9-16/h3-11,13,15,20-21H,12,14H2,1-2H3/b5-4+/t15-/m1/s1. The molecule has 0 saturated heterocycles. The summed E-state index contributed by atoms with van der Waals surface area (Å²) in [6.45, 7) is 3.02. The highest BCUT2D eigenvalue weighted by atomic mass is 16.5. The van der Waals surface area contributed by atoms with Gasteiger partial charge in [0.25, 0.3) is 0 Å². The average Bonchev–Trinajstić information content (AvgIpc) is 2.59. The van der Waals surface area contributed by atoms with Crippen LogP contribution in [0.4, 0.5) is 0 Å². The van der Waals surface area contributed by atoms with E-state index in [4.69, 9.17) is 9.84 Å². The van der Waals surface area contributed by atoms with Crippen LogP contribution in [-0.2, 0) is 6.61 Å². The van der Waals surface area contributed by atoms with Gasteiger partial charge in [-0.3, -0.25) is 0 Å². The van der Waals surface area contributed by atoms with Crippen LogP contribution in [0.3, 0.4) is 0 Å². The lowest BCUT2D eigenvalue weighted by atomic mass is 10.1. The third kappa shape index (κ3) is 4.72. The first-order valence-electron chi connectivity index (χ1n) is 7.46. The number of benzene rings is 2. The number of nitrogens with one attached hydrogen (secondary N) is 1. The summed E-state index contributed by atoms with van der Waals surface area (Å²) in [6, 6.07) is 16.2. The Morgan fingerprint density at radius 1 is 1.18 bits per heavy atom. The lowest BCUT2D eigenvalue weighted by molar-refractivity contribution is 0.282. The fraction of sp³-hybridized carbons (Fsp3) is 0.263. The molecule has 3 nitrogen and oxygen atoms in total. The predicted molar refractivity (Wildman–Crippen MR) is 90.8 cm³/mol. The Kier molecular flexibility index (Phi) is 6.19. The summed E-state index contributed by atoms with van der Waals surface area (Å²) in [5, 5.41) is 12.5. The van der Waals surface area contributed by atoms with Crippen molar-refractivity contribution in [3.05, 3.63) is 71.3 Å². The molecule has 22 heavy (non-hydrogen) atoms. The molecule has 2 aromatic carbocycles. The zero-order valence-electron chi connectivity index (χ0n) is 13.1. The quantitative estimate of drug-likeness (QED) is 0.821. The van der Waals surface area contributed by atoms with Crippen molar-refractivity contribution in [2.45, 2.75) is 19.6 Å². The molecule has 0 aromatic heterocycles. The first-order chi connectivity index (χ1) is 10.7. The normalized spacial score (nSPS) is 12.5. The van der Waals surface area contributed by atoms with Crippen LogP contribution in [-0.4, -0.2) is 18.8 Å². The van der Waals surface area contributed by atoms with E-state index in [1.165, 1.54) is 5.56 Å². The minimum atomic E-state index is 0.0869. The molecule has 2 aromatic rings. The Labute approximate surface area is 132 Å². The fourth-order valence-corrected chi connectivity index (χ4v) is 2.20. The summed E-state index contributed by atoms with van der Waals surface area (Å²) in [5.41, 5.74) is 3.27. The molecule has 0 fully saturated rings. The monoisotopic (exact) mass is 297 g/mol. The maximum atomic E-state index is 9.01. The minimum absolute atomic E-state index is 0.0869. The molecule has 0 saturated carbocycles. The highest BCUT2D eigenvalue weighted by Crippen LogP contribution is 2.18. The third-order valence-corrected chi connectivity index (χ3v) is 3.61. The Hall–Kier alpha value is -2.10. The van der Waals surface area contributed by atoms with Crippen LogP contribution in [0.15, 0.2) is 54.6 Å². The van der Waals surface area contributed by atoms with Crippen molar-refractivity contribution in [2.75, 3.05) is 13.7 Å². The minimum Gasteiger partial charge on any atom is -0.497 e. The van der Waals surface area contributed by atoms with E-state index in [0.29, 0.717) is 0 Å². The van der Waals surface area contributed by atoms with Gasteiger partial charge in [0.2, 0.25) is 0 Å². The van der Waals surface area contributed by atoms with Crippen molar-refractivity contribution in [2.24, 2.45) is 0 Å². The van der Waals surface area contributed by atoms with Gasteiger partial charge in [-0.15, -0.1) is 0 Å². The van der Waals surface area contributed by atoms with Gasteiger partial charge in [0.15, 0.2) is 0 Å². The third-order valence-electron chi connectivity index (χ3n) is 3.61. The van der Waals surface area contributed by atoms with Gasteiger partial charge >= 0.3 is 0 Å². The molecule has 0 spiro atoms. The summed E-state index contributed by atoms with van der Waals surface area (Å²) in [7, 11) is 1.68. The number of aliphatic hydroxyl groups is 1. The van der Waals surface area contributed by atoms with Gasteiger partial charge in [-0.05, 0) is 35.7 Å². The molecule has 3 heteroatoms. The SMILES string of the molecule is COc1cccc([C@@H](C)NC/C=C/c2ccc(CO)cc2)c1. The second-order valence-corrected chi connectivity index (χ2v) is 5.21. The highest BCUT2D eigenvalue weighted by Gasteiger charge is 2.04. The zero-order valence-corrected chi connectivity index (χ0v) is 13.1. The molecule has 0 aliphatic heterocycles. The highest BCUT2D eigenvalue weighted by molar-refractivity contribution is 5.49. The average molecular weight is 297 g/mol. The van der Waals surface area contributed by atoms with E-state index in [0.717, 1.165) is 23.4 Å². The molecule has 0 aliphatic rings. The molecule has 1 atom stereocenters. The van der Waals surface area contributed by atoms with Crippen molar-refractivity contribution >= 4 is 6.08 Å². The summed E-state index contributed by atoms with van der Waals surface area (Å²) in [5.74, 6) is 0.880. The maximum absolute atomic E-state index is 9.01. The first kappa shape index (κ1) is 16.3. The van der Waals surface area contributed by atoms with E-state index in [1.54, 1.807) is 7.11 Å². The van der Waals surface area contributed by atoms with Crippen LogP contribution in [0.5, 0.6) is 5.75 Å². The molecular weight excluding hydrogens is 274 g/mol. The summed E-state index contributed by atoms with van der Waals surface area (Å²) in [6.07, 6.45) is 4.18. The molecule has 116 valence electrons. The summed E-state index contributed by atoms with van der Waals surface area (Å²) in [4.78, 5) is 0. The lowest BCUT2D eigenvalue weighted by Gasteiger charge is -2.13. The van der Waals surface area contributed by atoms with E-state index < -0.39 is 0 Å². The molecule has 0 radical (unpaired) electrons. The Bertz CT molecular complexity index is 605. The van der Waals surface area contributed by atoms with Gasteiger partial charge in [-0.25, -0.2) is 0 Å². The van der Waals surface area contributed by atoms with E-state index >= 15 is 0 Å². The second-order valence-electron chi connectivity index (χ2n) is 5.21. The zero-order chi connectivity index (χ0) is 15.8. The molecule has 0 heterocycles. The van der Waals surface area contributed by atoms with Crippen LogP contribution < -0.4 is 10.1 Å². The van der Waals surface area contributed by atoms with E-state index in [-0.39, 0.29) is 12.6 Å². The van der Waals surface area contributed by atoms with E-state index in [1.807, 2.05) is 36.4 Å². The van der Waals surface area contributed by atoms with E-state index in [2.05, 4.69) is 36.5 Å². The van der Waals surface area contributed by atoms with Gasteiger partial charge < -0.3 is 15.2 Å². The maximum Gasteiger partial charge on any atom is 0.119 e. The van der Waals surface area contributed by atoms with Crippen LogP contribution in [0.1, 0.15) is 29.7 Å². The van der Waals surface area contributed by atoms with Crippen LogP contribution in [0, 0.1) is 0 Å². The predicted octanol–water partition coefficient (Wildman–Crippen LogP) is 3.55. The van der Waals surface area contributed by atoms with Crippen molar-refractivity contribution in [1.29, 1.82) is 0 Å². The number of ether oxygens (including phenoxy) is 1. The lowest BCUT2D eigenvalue weighted by Crippen LogP contribution is -2.18. The second kappa shape index (κ2) is 8.37. The van der Waals surface area contributed by atoms with Crippen molar-refractivity contribution in [3.8, 4) is 5.75 Å². The Morgan fingerprint density at radius 2 is 1.95 bits per heavy atom. The van der Waals surface area contributed by atoms with Crippen molar-refractivity contribution in [1.82, 2.24) is 5.32 Å². The molecule has 0 amide bonds. The fourth-order valence-electron chi connectivity index (χ4n) is 2.20. The largest absolute Gasteiger partial charge is 0.497 e.